The van der Waals surface area contributed by atoms with Crippen LogP contribution in [0.25, 0.3) is 0 Å². The van der Waals surface area contributed by atoms with Crippen molar-refractivity contribution in [2.45, 2.75) is 19.3 Å². The van der Waals surface area contributed by atoms with E-state index in [0.717, 1.165) is 6.42 Å². The first-order chi connectivity index (χ1) is 12.9. The third-order valence-electron chi connectivity index (χ3n) is 4.11. The second kappa shape index (κ2) is 8.49. The summed E-state index contributed by atoms with van der Waals surface area (Å²) in [5.74, 6) is -0.445. The van der Waals surface area contributed by atoms with Gasteiger partial charge in [-0.2, -0.15) is 0 Å². The number of hydrogen-bond donors (Lipinski definition) is 1. The van der Waals surface area contributed by atoms with Gasteiger partial charge in [0.2, 0.25) is 17.7 Å². The fraction of sp³-hybridized carbons (Fsp3) is 0.333. The van der Waals surface area contributed by atoms with Gasteiger partial charge in [-0.3, -0.25) is 19.3 Å². The van der Waals surface area contributed by atoms with Gasteiger partial charge in [0.1, 0.15) is 0 Å². The second-order valence-electron chi connectivity index (χ2n) is 6.25. The molecule has 0 atom stereocenters. The highest BCUT2D eigenvalue weighted by atomic mass is 35.5. The molecule has 0 spiro atoms. The summed E-state index contributed by atoms with van der Waals surface area (Å²) < 4.78 is 0. The molecule has 3 rings (SSSR count). The highest BCUT2D eigenvalue weighted by Gasteiger charge is 2.24. The minimum Gasteiger partial charge on any atom is -0.336 e. The van der Waals surface area contributed by atoms with Crippen molar-refractivity contribution in [2.75, 3.05) is 30.4 Å². The molecule has 9 heteroatoms. The van der Waals surface area contributed by atoms with Crippen molar-refractivity contribution in [1.82, 2.24) is 9.88 Å². The van der Waals surface area contributed by atoms with Crippen molar-refractivity contribution in [2.24, 2.45) is 0 Å². The number of hydrogen-bond acceptors (Lipinski definition) is 5. The first-order valence-electron chi connectivity index (χ1n) is 8.46. The van der Waals surface area contributed by atoms with Gasteiger partial charge in [0.05, 0.1) is 18.7 Å². The van der Waals surface area contributed by atoms with Crippen molar-refractivity contribution < 1.29 is 14.4 Å². The Kier molecular flexibility index (Phi) is 6.08. The van der Waals surface area contributed by atoms with Crippen LogP contribution in [0, 0.1) is 0 Å². The SMILES string of the molecule is CN(CC(=O)Nc1ccc(Cl)cc1)C(=O)Cc1csc(N2CCCC2=O)n1. The molecule has 0 aliphatic carbocycles. The number of thiazole rings is 1. The predicted octanol–water partition coefficient (Wildman–Crippen LogP) is 2.56. The Balaban J connectivity index is 1.51. The smallest absolute Gasteiger partial charge is 0.243 e. The predicted molar refractivity (Wildman–Crippen MR) is 105 cm³/mol. The van der Waals surface area contributed by atoms with Gasteiger partial charge >= 0.3 is 0 Å². The number of amides is 3. The van der Waals surface area contributed by atoms with Crippen LogP contribution in [-0.2, 0) is 20.8 Å². The van der Waals surface area contributed by atoms with E-state index < -0.39 is 0 Å². The summed E-state index contributed by atoms with van der Waals surface area (Å²) in [4.78, 5) is 43.6. The molecule has 0 bridgehead atoms. The van der Waals surface area contributed by atoms with Gasteiger partial charge in [-0.1, -0.05) is 11.6 Å². The Morgan fingerprint density at radius 3 is 2.74 bits per heavy atom. The third kappa shape index (κ3) is 5.05. The van der Waals surface area contributed by atoms with Gasteiger partial charge in [0.25, 0.3) is 0 Å². The van der Waals surface area contributed by atoms with Crippen LogP contribution < -0.4 is 10.2 Å². The highest BCUT2D eigenvalue weighted by Crippen LogP contribution is 2.25. The molecule has 0 radical (unpaired) electrons. The number of likely N-dealkylation sites (N-methyl/N-ethyl adjacent to an activating group) is 1. The van der Waals surface area contributed by atoms with E-state index in [4.69, 9.17) is 11.6 Å². The summed E-state index contributed by atoms with van der Waals surface area (Å²) in [6.07, 6.45) is 1.46. The summed E-state index contributed by atoms with van der Waals surface area (Å²) in [5.41, 5.74) is 1.22. The van der Waals surface area contributed by atoms with E-state index in [1.165, 1.54) is 16.2 Å². The Morgan fingerprint density at radius 2 is 2.07 bits per heavy atom. The minimum atomic E-state index is -0.296. The number of rotatable bonds is 6. The van der Waals surface area contributed by atoms with Gasteiger partial charge in [-0.25, -0.2) is 4.98 Å². The van der Waals surface area contributed by atoms with Gasteiger partial charge in [0, 0.05) is 36.1 Å². The van der Waals surface area contributed by atoms with Gasteiger partial charge < -0.3 is 10.2 Å². The van der Waals surface area contributed by atoms with Crippen molar-refractivity contribution in [3.05, 3.63) is 40.4 Å². The number of anilines is 2. The van der Waals surface area contributed by atoms with Crippen molar-refractivity contribution in [1.29, 1.82) is 0 Å². The molecule has 27 heavy (non-hydrogen) atoms. The maximum Gasteiger partial charge on any atom is 0.243 e. The first-order valence-corrected chi connectivity index (χ1v) is 9.72. The molecule has 2 heterocycles. The molecular weight excluding hydrogens is 388 g/mol. The third-order valence-corrected chi connectivity index (χ3v) is 5.28. The van der Waals surface area contributed by atoms with E-state index in [1.807, 2.05) is 0 Å². The Bertz CT molecular complexity index is 853. The summed E-state index contributed by atoms with van der Waals surface area (Å²) in [6, 6.07) is 6.74. The number of nitrogens with one attached hydrogen (secondary N) is 1. The monoisotopic (exact) mass is 406 g/mol. The lowest BCUT2D eigenvalue weighted by atomic mass is 10.3. The zero-order valence-electron chi connectivity index (χ0n) is 14.8. The van der Waals surface area contributed by atoms with Crippen molar-refractivity contribution in [3.8, 4) is 0 Å². The number of carbonyl (C=O) groups is 3. The molecule has 1 aliphatic heterocycles. The Hall–Kier alpha value is -2.45. The average Bonchev–Trinajstić information content (AvgIpc) is 3.25. The van der Waals surface area contributed by atoms with Crippen LogP contribution in [0.1, 0.15) is 18.5 Å². The molecule has 3 amide bonds. The summed E-state index contributed by atoms with van der Waals surface area (Å²) >= 11 is 7.16. The molecule has 2 aromatic rings. The zero-order valence-corrected chi connectivity index (χ0v) is 16.3. The molecule has 1 N–H and O–H groups in total. The van der Waals surface area contributed by atoms with Crippen LogP contribution in [0.4, 0.5) is 10.8 Å². The van der Waals surface area contributed by atoms with E-state index in [9.17, 15) is 14.4 Å². The summed E-state index contributed by atoms with van der Waals surface area (Å²) in [7, 11) is 1.57. The molecule has 1 saturated heterocycles. The van der Waals surface area contributed by atoms with Crippen molar-refractivity contribution in [3.63, 3.8) is 0 Å². The summed E-state index contributed by atoms with van der Waals surface area (Å²) in [5, 5.41) is 5.70. The lowest BCUT2D eigenvalue weighted by Gasteiger charge is -2.16. The van der Waals surface area contributed by atoms with Crippen molar-refractivity contribution >= 4 is 51.5 Å². The van der Waals surface area contributed by atoms with Gasteiger partial charge in [-0.05, 0) is 30.7 Å². The first kappa shape index (κ1) is 19.3. The zero-order chi connectivity index (χ0) is 19.4. The molecule has 1 aromatic heterocycles. The van der Waals surface area contributed by atoms with Crippen LogP contribution >= 0.6 is 22.9 Å². The van der Waals surface area contributed by atoms with Crippen LogP contribution in [0.15, 0.2) is 29.6 Å². The normalized spacial score (nSPS) is 13.7. The molecule has 142 valence electrons. The van der Waals surface area contributed by atoms with E-state index in [-0.39, 0.29) is 30.7 Å². The number of carbonyl (C=O) groups excluding carboxylic acids is 3. The average molecular weight is 407 g/mol. The fourth-order valence-electron chi connectivity index (χ4n) is 2.68. The van der Waals surface area contributed by atoms with E-state index in [0.29, 0.717) is 34.5 Å². The maximum absolute atomic E-state index is 12.4. The highest BCUT2D eigenvalue weighted by molar-refractivity contribution is 7.14. The molecule has 1 fully saturated rings. The van der Waals surface area contributed by atoms with Gasteiger partial charge in [-0.15, -0.1) is 11.3 Å². The minimum absolute atomic E-state index is 0.0664. The molecule has 0 saturated carbocycles. The van der Waals surface area contributed by atoms with Crippen LogP contribution in [0.2, 0.25) is 5.02 Å². The van der Waals surface area contributed by atoms with Crippen LogP contribution in [0.5, 0.6) is 0 Å². The number of aromatic nitrogens is 1. The maximum atomic E-state index is 12.4. The number of nitrogens with zero attached hydrogens (tertiary/aromatic N) is 3. The fourth-order valence-corrected chi connectivity index (χ4v) is 3.67. The quantitative estimate of drug-likeness (QED) is 0.799. The number of benzene rings is 1. The van der Waals surface area contributed by atoms with E-state index >= 15 is 0 Å². The lowest BCUT2D eigenvalue weighted by Crippen LogP contribution is -2.35. The molecule has 0 unspecified atom stereocenters. The van der Waals surface area contributed by atoms with Gasteiger partial charge in [0.15, 0.2) is 5.13 Å². The lowest BCUT2D eigenvalue weighted by molar-refractivity contribution is -0.132. The molecule has 1 aliphatic rings. The standard InChI is InChI=1S/C18H19ClN4O3S/c1-22(10-15(24)20-13-6-4-12(19)5-7-13)17(26)9-14-11-27-18(21-14)23-8-2-3-16(23)25/h4-7,11H,2-3,8-10H2,1H3,(H,20,24). The Morgan fingerprint density at radius 1 is 1.33 bits per heavy atom. The molecule has 7 nitrogen and oxygen atoms in total. The second-order valence-corrected chi connectivity index (χ2v) is 7.52. The Labute approximate surface area is 165 Å². The topological polar surface area (TPSA) is 82.6 Å². The van der Waals surface area contributed by atoms with Crippen LogP contribution in [0.3, 0.4) is 0 Å². The summed E-state index contributed by atoms with van der Waals surface area (Å²) in [6.45, 7) is 0.605. The van der Waals surface area contributed by atoms with Crippen LogP contribution in [-0.4, -0.2) is 47.7 Å². The van der Waals surface area contributed by atoms with E-state index in [1.54, 1.807) is 41.6 Å². The largest absolute Gasteiger partial charge is 0.336 e. The number of halogens is 1. The van der Waals surface area contributed by atoms with E-state index in [2.05, 4.69) is 10.3 Å². The molecule has 1 aromatic carbocycles. The molecular formula is C18H19ClN4O3S.